The first-order valence-corrected chi connectivity index (χ1v) is 5.68. The highest BCUT2D eigenvalue weighted by atomic mass is 16.6. The van der Waals surface area contributed by atoms with Crippen LogP contribution in [0, 0.1) is 10.1 Å². The van der Waals surface area contributed by atoms with Crippen LogP contribution in [0.1, 0.15) is 0 Å². The zero-order valence-electron chi connectivity index (χ0n) is 10.1. The molecule has 19 heavy (non-hydrogen) atoms. The molecule has 1 fully saturated rings. The zero-order chi connectivity index (χ0) is 14.0. The van der Waals surface area contributed by atoms with Crippen molar-refractivity contribution in [3.05, 3.63) is 28.3 Å². The molecule has 1 aliphatic heterocycles. The first-order valence-electron chi connectivity index (χ1n) is 5.68. The predicted molar refractivity (Wildman–Crippen MR) is 68.7 cm³/mol. The SMILES string of the molecule is NC(=O)C1COCCN1c1ccc([N+](=O)[O-])c(N)c1. The molecule has 0 spiro atoms. The van der Waals surface area contributed by atoms with Gasteiger partial charge in [-0.25, -0.2) is 0 Å². The van der Waals surface area contributed by atoms with Gasteiger partial charge >= 0.3 is 0 Å². The Balaban J connectivity index is 2.32. The summed E-state index contributed by atoms with van der Waals surface area (Å²) in [6, 6.07) is 3.75. The van der Waals surface area contributed by atoms with Crippen molar-refractivity contribution in [2.75, 3.05) is 30.4 Å². The van der Waals surface area contributed by atoms with Crippen molar-refractivity contribution < 1.29 is 14.5 Å². The van der Waals surface area contributed by atoms with Crippen LogP contribution in [0.25, 0.3) is 0 Å². The van der Waals surface area contributed by atoms with Gasteiger partial charge in [-0.05, 0) is 12.1 Å². The van der Waals surface area contributed by atoms with Crippen LogP contribution in [0.3, 0.4) is 0 Å². The third kappa shape index (κ3) is 2.58. The fraction of sp³-hybridized carbons (Fsp3) is 0.364. The lowest BCUT2D eigenvalue weighted by molar-refractivity contribution is -0.383. The Morgan fingerprint density at radius 2 is 2.26 bits per heavy atom. The summed E-state index contributed by atoms with van der Waals surface area (Å²) in [6.45, 7) is 1.14. The second kappa shape index (κ2) is 5.11. The van der Waals surface area contributed by atoms with Gasteiger partial charge in [-0.15, -0.1) is 0 Å². The number of morpholine rings is 1. The molecule has 1 saturated heterocycles. The summed E-state index contributed by atoms with van der Waals surface area (Å²) < 4.78 is 5.21. The Hall–Kier alpha value is -2.35. The number of nitro benzene ring substituents is 1. The maximum Gasteiger partial charge on any atom is 0.292 e. The van der Waals surface area contributed by atoms with Crippen molar-refractivity contribution in [1.82, 2.24) is 0 Å². The van der Waals surface area contributed by atoms with Gasteiger partial charge in [0.1, 0.15) is 11.7 Å². The molecule has 2 rings (SSSR count). The van der Waals surface area contributed by atoms with E-state index in [1.807, 2.05) is 0 Å². The zero-order valence-corrected chi connectivity index (χ0v) is 10.1. The number of hydrogen-bond donors (Lipinski definition) is 2. The van der Waals surface area contributed by atoms with Crippen LogP contribution in [-0.4, -0.2) is 36.6 Å². The first kappa shape index (κ1) is 13.1. The van der Waals surface area contributed by atoms with Crippen LogP contribution in [0.2, 0.25) is 0 Å². The van der Waals surface area contributed by atoms with Gasteiger partial charge < -0.3 is 21.1 Å². The minimum atomic E-state index is -0.588. The molecule has 1 aromatic carbocycles. The Morgan fingerprint density at radius 3 is 2.84 bits per heavy atom. The standard InChI is InChI=1S/C11H14N4O4/c12-8-5-7(1-2-9(8)15(17)18)14-3-4-19-6-10(14)11(13)16/h1-2,5,10H,3-4,6,12H2,(H2,13,16). The van der Waals surface area contributed by atoms with E-state index in [2.05, 4.69) is 0 Å². The Kier molecular flexibility index (Phi) is 3.52. The van der Waals surface area contributed by atoms with Gasteiger partial charge in [0, 0.05) is 18.3 Å². The average molecular weight is 266 g/mol. The largest absolute Gasteiger partial charge is 0.393 e. The minimum absolute atomic E-state index is 0.0530. The lowest BCUT2D eigenvalue weighted by Crippen LogP contribution is -2.52. The van der Waals surface area contributed by atoms with E-state index in [0.29, 0.717) is 18.8 Å². The number of anilines is 2. The number of nitrogens with zero attached hydrogens (tertiary/aromatic N) is 2. The number of hydrogen-bond acceptors (Lipinski definition) is 6. The van der Waals surface area contributed by atoms with Crippen LogP contribution in [0.4, 0.5) is 17.1 Å². The number of amides is 1. The second-order valence-electron chi connectivity index (χ2n) is 4.19. The molecule has 102 valence electrons. The van der Waals surface area contributed by atoms with Crippen LogP contribution in [0.15, 0.2) is 18.2 Å². The molecule has 1 heterocycles. The third-order valence-corrected chi connectivity index (χ3v) is 3.00. The smallest absolute Gasteiger partial charge is 0.292 e. The molecule has 1 amide bonds. The van der Waals surface area contributed by atoms with Crippen molar-refractivity contribution >= 4 is 23.0 Å². The van der Waals surface area contributed by atoms with Crippen molar-refractivity contribution in [2.45, 2.75) is 6.04 Å². The highest BCUT2D eigenvalue weighted by Gasteiger charge is 2.28. The molecule has 1 unspecified atom stereocenters. The summed E-state index contributed by atoms with van der Waals surface area (Å²) >= 11 is 0. The number of nitro groups is 1. The Labute approximate surface area is 109 Å². The van der Waals surface area contributed by atoms with Crippen LogP contribution in [0.5, 0.6) is 0 Å². The van der Waals surface area contributed by atoms with Gasteiger partial charge in [0.05, 0.1) is 18.1 Å². The van der Waals surface area contributed by atoms with E-state index >= 15 is 0 Å². The molecule has 0 radical (unpaired) electrons. The van der Waals surface area contributed by atoms with Crippen LogP contribution >= 0.6 is 0 Å². The minimum Gasteiger partial charge on any atom is -0.393 e. The monoisotopic (exact) mass is 266 g/mol. The molecule has 1 aliphatic rings. The van der Waals surface area contributed by atoms with E-state index in [-0.39, 0.29) is 18.0 Å². The number of rotatable bonds is 3. The Bertz CT molecular complexity index is 519. The summed E-state index contributed by atoms with van der Waals surface area (Å²) in [5, 5.41) is 10.7. The number of carbonyl (C=O) groups is 1. The molecule has 1 aromatic rings. The predicted octanol–water partition coefficient (Wildman–Crippen LogP) is -0.132. The fourth-order valence-electron chi connectivity index (χ4n) is 2.04. The maximum absolute atomic E-state index is 11.4. The summed E-state index contributed by atoms with van der Waals surface area (Å²) in [5.41, 5.74) is 11.5. The number of nitrogens with two attached hydrogens (primary N) is 2. The molecule has 1 atom stereocenters. The fourth-order valence-corrected chi connectivity index (χ4v) is 2.04. The molecule has 8 nitrogen and oxygen atoms in total. The van der Waals surface area contributed by atoms with Gasteiger partial charge in [-0.3, -0.25) is 14.9 Å². The normalized spacial score (nSPS) is 19.2. The number of benzene rings is 1. The maximum atomic E-state index is 11.4. The molecular weight excluding hydrogens is 252 g/mol. The van der Waals surface area contributed by atoms with Crippen molar-refractivity contribution in [1.29, 1.82) is 0 Å². The quantitative estimate of drug-likeness (QED) is 0.446. The molecule has 0 saturated carbocycles. The van der Waals surface area contributed by atoms with Gasteiger partial charge in [-0.1, -0.05) is 0 Å². The van der Waals surface area contributed by atoms with E-state index in [9.17, 15) is 14.9 Å². The summed E-state index contributed by atoms with van der Waals surface area (Å²) in [6.07, 6.45) is 0. The summed E-state index contributed by atoms with van der Waals surface area (Å²) in [5.74, 6) is -0.503. The molecule has 0 aromatic heterocycles. The average Bonchev–Trinajstić information content (AvgIpc) is 2.38. The summed E-state index contributed by atoms with van der Waals surface area (Å²) in [7, 11) is 0. The van der Waals surface area contributed by atoms with Gasteiger partial charge in [0.2, 0.25) is 5.91 Å². The van der Waals surface area contributed by atoms with Gasteiger partial charge in [0.15, 0.2) is 0 Å². The molecule has 8 heteroatoms. The van der Waals surface area contributed by atoms with E-state index in [4.69, 9.17) is 16.2 Å². The topological polar surface area (TPSA) is 125 Å². The lowest BCUT2D eigenvalue weighted by atomic mass is 10.1. The van der Waals surface area contributed by atoms with Gasteiger partial charge in [0.25, 0.3) is 5.69 Å². The second-order valence-corrected chi connectivity index (χ2v) is 4.19. The van der Waals surface area contributed by atoms with E-state index in [0.717, 1.165) is 0 Å². The number of ether oxygens (including phenoxy) is 1. The highest BCUT2D eigenvalue weighted by molar-refractivity contribution is 5.84. The third-order valence-electron chi connectivity index (χ3n) is 3.00. The van der Waals surface area contributed by atoms with E-state index < -0.39 is 16.9 Å². The molecule has 0 bridgehead atoms. The van der Waals surface area contributed by atoms with Crippen molar-refractivity contribution in [3.63, 3.8) is 0 Å². The molecule has 0 aliphatic carbocycles. The first-order chi connectivity index (χ1) is 9.00. The number of carbonyl (C=O) groups excluding carboxylic acids is 1. The Morgan fingerprint density at radius 1 is 1.53 bits per heavy atom. The van der Waals surface area contributed by atoms with Crippen LogP contribution in [-0.2, 0) is 9.53 Å². The number of nitrogen functional groups attached to an aromatic ring is 1. The van der Waals surface area contributed by atoms with Crippen molar-refractivity contribution in [2.24, 2.45) is 5.73 Å². The summed E-state index contributed by atoms with van der Waals surface area (Å²) in [4.78, 5) is 23.2. The number of primary amides is 1. The van der Waals surface area contributed by atoms with Crippen LogP contribution < -0.4 is 16.4 Å². The van der Waals surface area contributed by atoms with E-state index in [1.54, 1.807) is 11.0 Å². The van der Waals surface area contributed by atoms with Gasteiger partial charge in [-0.2, -0.15) is 0 Å². The van der Waals surface area contributed by atoms with E-state index in [1.165, 1.54) is 12.1 Å². The highest BCUT2D eigenvalue weighted by Crippen LogP contribution is 2.28. The molecular formula is C11H14N4O4. The van der Waals surface area contributed by atoms with Crippen molar-refractivity contribution in [3.8, 4) is 0 Å². The lowest BCUT2D eigenvalue weighted by Gasteiger charge is -2.35. The molecule has 4 N–H and O–H groups in total.